The predicted molar refractivity (Wildman–Crippen MR) is 48.1 cm³/mol. The SMILES string of the molecule is COc1c(C)ccc2c1C(=O)OC2O. The van der Waals surface area contributed by atoms with Gasteiger partial charge in [0.25, 0.3) is 0 Å². The number of fused-ring (bicyclic) bond motifs is 1. The molecular weight excluding hydrogens is 184 g/mol. The average Bonchev–Trinajstić information content (AvgIpc) is 2.43. The standard InChI is InChI=1S/C10H10O4/c1-5-3-4-6-7(8(5)13-2)10(12)14-9(6)11/h3-4,9,11H,1-2H3. The second kappa shape index (κ2) is 2.99. The van der Waals surface area contributed by atoms with Crippen molar-refractivity contribution in [3.05, 3.63) is 28.8 Å². The molecule has 0 amide bonds. The van der Waals surface area contributed by atoms with Crippen molar-refractivity contribution in [3.63, 3.8) is 0 Å². The Morgan fingerprint density at radius 1 is 1.50 bits per heavy atom. The maximum Gasteiger partial charge on any atom is 0.345 e. The lowest BCUT2D eigenvalue weighted by Crippen LogP contribution is -2.00. The van der Waals surface area contributed by atoms with Crippen LogP contribution in [0.1, 0.15) is 27.8 Å². The Labute approximate surface area is 81.1 Å². The number of cyclic esters (lactones) is 1. The highest BCUT2D eigenvalue weighted by molar-refractivity contribution is 5.97. The topological polar surface area (TPSA) is 55.8 Å². The van der Waals surface area contributed by atoms with E-state index in [1.54, 1.807) is 12.1 Å². The largest absolute Gasteiger partial charge is 0.496 e. The first-order chi connectivity index (χ1) is 6.65. The van der Waals surface area contributed by atoms with Crippen LogP contribution in [-0.2, 0) is 4.74 Å². The van der Waals surface area contributed by atoms with E-state index in [0.717, 1.165) is 5.56 Å². The van der Waals surface area contributed by atoms with Gasteiger partial charge in [-0.1, -0.05) is 12.1 Å². The first-order valence-corrected chi connectivity index (χ1v) is 4.21. The summed E-state index contributed by atoms with van der Waals surface area (Å²) in [5.74, 6) is -0.0582. The van der Waals surface area contributed by atoms with E-state index in [4.69, 9.17) is 4.74 Å². The molecule has 0 saturated heterocycles. The molecule has 1 aromatic carbocycles. The van der Waals surface area contributed by atoms with Crippen molar-refractivity contribution in [2.24, 2.45) is 0 Å². The fourth-order valence-electron chi connectivity index (χ4n) is 1.61. The molecule has 1 aliphatic heterocycles. The number of ether oxygens (including phenoxy) is 2. The van der Waals surface area contributed by atoms with Gasteiger partial charge in [0, 0.05) is 5.56 Å². The van der Waals surface area contributed by atoms with E-state index in [-0.39, 0.29) is 0 Å². The summed E-state index contributed by atoms with van der Waals surface area (Å²) in [6, 6.07) is 3.45. The quantitative estimate of drug-likeness (QED) is 0.681. The Hall–Kier alpha value is -1.55. The van der Waals surface area contributed by atoms with Crippen LogP contribution in [0.15, 0.2) is 12.1 Å². The fourth-order valence-corrected chi connectivity index (χ4v) is 1.61. The number of hydrogen-bond donors (Lipinski definition) is 1. The van der Waals surface area contributed by atoms with Gasteiger partial charge in [0.2, 0.25) is 6.29 Å². The number of carbonyl (C=O) groups is 1. The number of methoxy groups -OCH3 is 1. The van der Waals surface area contributed by atoms with Gasteiger partial charge in [-0.25, -0.2) is 4.79 Å². The van der Waals surface area contributed by atoms with Crippen LogP contribution >= 0.6 is 0 Å². The molecule has 1 heterocycles. The monoisotopic (exact) mass is 194 g/mol. The van der Waals surface area contributed by atoms with Gasteiger partial charge in [0.1, 0.15) is 11.3 Å². The van der Waals surface area contributed by atoms with Crippen molar-refractivity contribution in [2.45, 2.75) is 13.2 Å². The van der Waals surface area contributed by atoms with Crippen LogP contribution < -0.4 is 4.74 Å². The first kappa shape index (κ1) is 9.02. The summed E-state index contributed by atoms with van der Waals surface area (Å²) in [5.41, 5.74) is 1.65. The second-order valence-corrected chi connectivity index (χ2v) is 3.14. The molecule has 0 fully saturated rings. The van der Waals surface area contributed by atoms with E-state index < -0.39 is 12.3 Å². The molecule has 74 valence electrons. The zero-order chi connectivity index (χ0) is 10.3. The molecule has 0 aliphatic carbocycles. The zero-order valence-corrected chi connectivity index (χ0v) is 7.90. The number of aryl methyl sites for hydroxylation is 1. The summed E-state index contributed by atoms with van der Waals surface area (Å²) >= 11 is 0. The Kier molecular flexibility index (Phi) is 1.93. The molecule has 4 heteroatoms. The summed E-state index contributed by atoms with van der Waals surface area (Å²) in [6.45, 7) is 1.83. The molecule has 2 rings (SSSR count). The molecule has 0 spiro atoms. The molecule has 0 saturated carbocycles. The van der Waals surface area contributed by atoms with E-state index >= 15 is 0 Å². The fraction of sp³-hybridized carbons (Fsp3) is 0.300. The molecule has 0 radical (unpaired) electrons. The van der Waals surface area contributed by atoms with Crippen LogP contribution in [0.4, 0.5) is 0 Å². The van der Waals surface area contributed by atoms with Crippen LogP contribution in [0.3, 0.4) is 0 Å². The number of esters is 1. The first-order valence-electron chi connectivity index (χ1n) is 4.21. The molecular formula is C10H10O4. The Morgan fingerprint density at radius 3 is 2.86 bits per heavy atom. The van der Waals surface area contributed by atoms with Gasteiger partial charge in [-0.05, 0) is 12.5 Å². The summed E-state index contributed by atoms with van der Waals surface area (Å²) in [6.07, 6.45) is -1.16. The lowest BCUT2D eigenvalue weighted by Gasteiger charge is -2.07. The van der Waals surface area contributed by atoms with E-state index in [0.29, 0.717) is 16.9 Å². The van der Waals surface area contributed by atoms with Crippen molar-refractivity contribution >= 4 is 5.97 Å². The summed E-state index contributed by atoms with van der Waals surface area (Å²) in [7, 11) is 1.49. The van der Waals surface area contributed by atoms with Crippen LogP contribution in [0.2, 0.25) is 0 Å². The van der Waals surface area contributed by atoms with Gasteiger partial charge in [-0.2, -0.15) is 0 Å². The number of hydrogen-bond acceptors (Lipinski definition) is 4. The third kappa shape index (κ3) is 1.08. The van der Waals surface area contributed by atoms with E-state index in [1.165, 1.54) is 7.11 Å². The summed E-state index contributed by atoms with van der Waals surface area (Å²) < 4.78 is 9.76. The molecule has 0 bridgehead atoms. The number of carbonyl (C=O) groups excluding carboxylic acids is 1. The van der Waals surface area contributed by atoms with Crippen molar-refractivity contribution in [2.75, 3.05) is 7.11 Å². The minimum absolute atomic E-state index is 0.333. The lowest BCUT2D eigenvalue weighted by atomic mass is 10.0. The highest BCUT2D eigenvalue weighted by Gasteiger charge is 2.33. The molecule has 1 N–H and O–H groups in total. The van der Waals surface area contributed by atoms with Crippen LogP contribution in [0, 0.1) is 6.92 Å². The van der Waals surface area contributed by atoms with E-state index in [1.807, 2.05) is 6.92 Å². The summed E-state index contributed by atoms with van der Waals surface area (Å²) in [4.78, 5) is 11.3. The van der Waals surface area contributed by atoms with Gasteiger partial charge in [0.15, 0.2) is 0 Å². The Morgan fingerprint density at radius 2 is 2.21 bits per heavy atom. The normalized spacial score (nSPS) is 19.1. The number of aliphatic hydroxyl groups is 1. The van der Waals surface area contributed by atoms with Crippen molar-refractivity contribution in [1.29, 1.82) is 0 Å². The van der Waals surface area contributed by atoms with Gasteiger partial charge in [-0.3, -0.25) is 0 Å². The maximum absolute atomic E-state index is 11.3. The van der Waals surface area contributed by atoms with Crippen molar-refractivity contribution < 1.29 is 19.4 Å². The minimum atomic E-state index is -1.16. The number of aliphatic hydroxyl groups excluding tert-OH is 1. The molecule has 4 nitrogen and oxygen atoms in total. The smallest absolute Gasteiger partial charge is 0.345 e. The molecule has 0 aromatic heterocycles. The van der Waals surface area contributed by atoms with Gasteiger partial charge in [-0.15, -0.1) is 0 Å². The Balaban J connectivity index is 2.68. The van der Waals surface area contributed by atoms with E-state index in [2.05, 4.69) is 4.74 Å². The Bertz CT molecular complexity index is 397. The molecule has 14 heavy (non-hydrogen) atoms. The van der Waals surface area contributed by atoms with Crippen LogP contribution in [-0.4, -0.2) is 18.2 Å². The second-order valence-electron chi connectivity index (χ2n) is 3.14. The number of rotatable bonds is 1. The van der Waals surface area contributed by atoms with Gasteiger partial charge in [0.05, 0.1) is 7.11 Å². The third-order valence-electron chi connectivity index (χ3n) is 2.28. The lowest BCUT2D eigenvalue weighted by molar-refractivity contribution is -0.0547. The zero-order valence-electron chi connectivity index (χ0n) is 7.90. The van der Waals surface area contributed by atoms with E-state index in [9.17, 15) is 9.90 Å². The third-order valence-corrected chi connectivity index (χ3v) is 2.28. The average molecular weight is 194 g/mol. The van der Waals surface area contributed by atoms with Crippen molar-refractivity contribution in [1.82, 2.24) is 0 Å². The van der Waals surface area contributed by atoms with Crippen LogP contribution in [0.5, 0.6) is 5.75 Å². The maximum atomic E-state index is 11.3. The van der Waals surface area contributed by atoms with Gasteiger partial charge < -0.3 is 14.6 Å². The minimum Gasteiger partial charge on any atom is -0.496 e. The summed E-state index contributed by atoms with van der Waals surface area (Å²) in [5, 5.41) is 9.36. The molecule has 1 aromatic rings. The predicted octanol–water partition coefficient (Wildman–Crippen LogP) is 1.16. The van der Waals surface area contributed by atoms with Crippen molar-refractivity contribution in [3.8, 4) is 5.75 Å². The molecule has 1 aliphatic rings. The molecule has 1 unspecified atom stereocenters. The highest BCUT2D eigenvalue weighted by Crippen LogP contribution is 2.36. The highest BCUT2D eigenvalue weighted by atomic mass is 16.6. The molecule has 1 atom stereocenters. The van der Waals surface area contributed by atoms with Crippen LogP contribution in [0.25, 0.3) is 0 Å². The van der Waals surface area contributed by atoms with Gasteiger partial charge >= 0.3 is 5.97 Å². The number of benzene rings is 1.